The molecule has 2 aromatic heterocycles. The van der Waals surface area contributed by atoms with Crippen molar-refractivity contribution in [3.05, 3.63) is 88.7 Å². The Balaban J connectivity index is 1.62. The summed E-state index contributed by atoms with van der Waals surface area (Å²) in [6.07, 6.45) is 8.07. The van der Waals surface area contributed by atoms with E-state index < -0.39 is 5.41 Å². The first kappa shape index (κ1) is 32.3. The predicted octanol–water partition coefficient (Wildman–Crippen LogP) is 6.18. The molecule has 0 saturated carbocycles. The van der Waals surface area contributed by atoms with Gasteiger partial charge in [-0.15, -0.1) is 0 Å². The normalized spacial score (nSPS) is 11.8. The molecule has 230 valence electrons. The number of rotatable bonds is 12. The van der Waals surface area contributed by atoms with Gasteiger partial charge in [0.2, 0.25) is 11.9 Å². The maximum Gasteiger partial charge on any atom is 0.232 e. The zero-order valence-corrected chi connectivity index (χ0v) is 26.9. The summed E-state index contributed by atoms with van der Waals surface area (Å²) < 4.78 is 0. The highest BCUT2D eigenvalue weighted by Gasteiger charge is 2.33. The van der Waals surface area contributed by atoms with Crippen molar-refractivity contribution in [2.45, 2.75) is 66.2 Å². The molecule has 0 unspecified atom stereocenters. The second-order valence-electron chi connectivity index (χ2n) is 11.8. The molecule has 0 fully saturated rings. The molecule has 2 aromatic carbocycles. The molecule has 0 radical (unpaired) electrons. The lowest BCUT2D eigenvalue weighted by Gasteiger charge is -2.31. The van der Waals surface area contributed by atoms with Crippen molar-refractivity contribution in [3.8, 4) is 17.5 Å². The number of hydrogen-bond acceptors (Lipinski definition) is 4. The van der Waals surface area contributed by atoms with Crippen molar-refractivity contribution in [1.82, 2.24) is 25.5 Å². The van der Waals surface area contributed by atoms with Gasteiger partial charge in [-0.05, 0) is 113 Å². The van der Waals surface area contributed by atoms with Crippen LogP contribution in [0.1, 0.15) is 61.9 Å². The Morgan fingerprint density at radius 1 is 1.07 bits per heavy atom. The smallest absolute Gasteiger partial charge is 0.232 e. The maximum atomic E-state index is 13.5. The van der Waals surface area contributed by atoms with Crippen LogP contribution in [-0.2, 0) is 23.1 Å². The second kappa shape index (κ2) is 14.7. The van der Waals surface area contributed by atoms with Gasteiger partial charge in [0.1, 0.15) is 0 Å². The van der Waals surface area contributed by atoms with Crippen LogP contribution in [-0.4, -0.2) is 52.9 Å². The maximum absolute atomic E-state index is 13.5. The van der Waals surface area contributed by atoms with E-state index in [9.17, 15) is 10.1 Å². The zero-order valence-electron chi connectivity index (χ0n) is 26.9. The molecule has 0 bridgehead atoms. The van der Waals surface area contributed by atoms with Crippen LogP contribution < -0.4 is 10.6 Å². The van der Waals surface area contributed by atoms with E-state index in [4.69, 9.17) is 0 Å². The molecule has 0 atom stereocenters. The van der Waals surface area contributed by atoms with Gasteiger partial charge < -0.3 is 15.2 Å². The largest absolute Gasteiger partial charge is 0.355 e. The number of likely N-dealkylation sites (N-methyl/N-ethyl adjacent to an activating group) is 1. The molecule has 0 saturated heterocycles. The van der Waals surface area contributed by atoms with Gasteiger partial charge in [-0.3, -0.25) is 20.1 Å². The Bertz CT molecular complexity index is 1620. The monoisotopic (exact) mass is 591 g/mol. The third-order valence-corrected chi connectivity index (χ3v) is 8.18. The summed E-state index contributed by atoms with van der Waals surface area (Å²) in [6, 6.07) is 16.9. The summed E-state index contributed by atoms with van der Waals surface area (Å²) in [5, 5.41) is 16.5. The number of aromatic amines is 1. The van der Waals surface area contributed by atoms with Gasteiger partial charge in [0.05, 0.1) is 5.41 Å². The number of hydrogen-bond donors (Lipinski definition) is 3. The number of nitrogens with zero attached hydrogens (tertiary/aromatic N) is 4. The van der Waals surface area contributed by atoms with E-state index in [1.165, 1.54) is 22.3 Å². The van der Waals surface area contributed by atoms with E-state index in [1.54, 1.807) is 6.20 Å². The fraction of sp³-hybridized carbons (Fsp3) is 0.389. The molecule has 44 heavy (non-hydrogen) atoms. The quantitative estimate of drug-likeness (QED) is 0.0599. The number of carbonyl (C=O) groups excluding carboxylic acids is 1. The number of aliphatic imine (C=N–C) groups is 1. The summed E-state index contributed by atoms with van der Waals surface area (Å²) in [5.41, 5.74) is 8.30. The highest BCUT2D eigenvalue weighted by atomic mass is 16.2. The molecule has 4 aromatic rings. The van der Waals surface area contributed by atoms with E-state index in [0.29, 0.717) is 38.6 Å². The van der Waals surface area contributed by atoms with Gasteiger partial charge in [0, 0.05) is 55.2 Å². The molecule has 0 spiro atoms. The first-order valence-electron chi connectivity index (χ1n) is 15.5. The van der Waals surface area contributed by atoms with Crippen LogP contribution >= 0.6 is 0 Å². The van der Waals surface area contributed by atoms with Gasteiger partial charge >= 0.3 is 0 Å². The minimum atomic E-state index is -0.667. The van der Waals surface area contributed by atoms with Gasteiger partial charge in [0.15, 0.2) is 6.19 Å². The summed E-state index contributed by atoms with van der Waals surface area (Å²) in [6.45, 7) is 14.8. The fourth-order valence-corrected chi connectivity index (χ4v) is 5.81. The number of guanidine groups is 1. The summed E-state index contributed by atoms with van der Waals surface area (Å²) >= 11 is 0. The molecule has 8 nitrogen and oxygen atoms in total. The summed E-state index contributed by atoms with van der Waals surface area (Å²) in [4.78, 5) is 27.9. The molecular formula is C36H45N7O. The number of carbonyl (C=O) groups is 1. The molecule has 0 aliphatic heterocycles. The number of benzene rings is 2. The Hall–Kier alpha value is -4.64. The first-order chi connectivity index (χ1) is 21.2. The van der Waals surface area contributed by atoms with Crippen LogP contribution in [0.2, 0.25) is 0 Å². The Morgan fingerprint density at radius 3 is 2.48 bits per heavy atom. The average molecular weight is 592 g/mol. The summed E-state index contributed by atoms with van der Waals surface area (Å²) in [5.74, 6) is 0.597. The molecule has 0 aliphatic rings. The Labute approximate surface area is 261 Å². The highest BCUT2D eigenvalue weighted by molar-refractivity contribution is 5.94. The lowest BCUT2D eigenvalue weighted by Crippen LogP contribution is -2.43. The van der Waals surface area contributed by atoms with Crippen LogP contribution in [0.25, 0.3) is 22.2 Å². The highest BCUT2D eigenvalue weighted by Crippen LogP contribution is 2.35. The predicted molar refractivity (Wildman–Crippen MR) is 179 cm³/mol. The van der Waals surface area contributed by atoms with E-state index in [2.05, 4.69) is 81.9 Å². The minimum Gasteiger partial charge on any atom is -0.355 e. The second-order valence-corrected chi connectivity index (χ2v) is 11.8. The Kier molecular flexibility index (Phi) is 10.8. The standard InChI is InChI=1S/C36H45N7O/c1-7-43(8-2)34(44)36(5,6)29-13-14-32-31(22-29)30(33(42-32)28-20-25(3)19-26(4)21-28)15-18-40-35(41-24-37)39-17-10-12-27-11-9-16-38-23-27/h9,11,13-14,16,19-23,42H,7-8,10,12,15,17-18H2,1-6H3,(H2,39,40,41). The van der Waals surface area contributed by atoms with Crippen LogP contribution in [0, 0.1) is 25.3 Å². The topological polar surface area (TPSA) is 109 Å². The van der Waals surface area contributed by atoms with Crippen molar-refractivity contribution in [1.29, 1.82) is 5.26 Å². The summed E-state index contributed by atoms with van der Waals surface area (Å²) in [7, 11) is 0. The molecule has 0 aliphatic carbocycles. The van der Waals surface area contributed by atoms with E-state index in [1.807, 2.05) is 51.1 Å². The van der Waals surface area contributed by atoms with E-state index >= 15 is 0 Å². The number of fused-ring (bicyclic) bond motifs is 1. The fourth-order valence-electron chi connectivity index (χ4n) is 5.81. The number of aryl methyl sites for hydroxylation is 3. The third kappa shape index (κ3) is 7.65. The third-order valence-electron chi connectivity index (χ3n) is 8.18. The van der Waals surface area contributed by atoms with Crippen molar-refractivity contribution >= 4 is 22.8 Å². The number of pyridine rings is 1. The van der Waals surface area contributed by atoms with Crippen LogP contribution in [0.3, 0.4) is 0 Å². The number of nitrogens with one attached hydrogen (secondary N) is 3. The number of nitriles is 1. The SMILES string of the molecule is CCN(CC)C(=O)C(C)(C)c1ccc2[nH]c(-c3cc(C)cc(C)c3)c(CCNC(=NCCCc3cccnc3)NC#N)c2c1. The van der Waals surface area contributed by atoms with E-state index in [0.717, 1.165) is 40.6 Å². The van der Waals surface area contributed by atoms with Gasteiger partial charge in [-0.25, -0.2) is 0 Å². The number of amides is 1. The molecule has 1 amide bonds. The number of aromatic nitrogens is 2. The van der Waals surface area contributed by atoms with Gasteiger partial charge in [0.25, 0.3) is 0 Å². The molecule has 8 heteroatoms. The molecular weight excluding hydrogens is 546 g/mol. The van der Waals surface area contributed by atoms with E-state index in [-0.39, 0.29) is 5.91 Å². The van der Waals surface area contributed by atoms with Crippen molar-refractivity contribution in [3.63, 3.8) is 0 Å². The molecule has 4 rings (SSSR count). The van der Waals surface area contributed by atoms with Crippen molar-refractivity contribution < 1.29 is 4.79 Å². The Morgan fingerprint density at radius 2 is 1.82 bits per heavy atom. The van der Waals surface area contributed by atoms with Crippen LogP contribution in [0.15, 0.2) is 65.9 Å². The molecule has 3 N–H and O–H groups in total. The van der Waals surface area contributed by atoms with Crippen LogP contribution in [0.4, 0.5) is 0 Å². The number of H-pyrrole nitrogens is 1. The van der Waals surface area contributed by atoms with Crippen molar-refractivity contribution in [2.24, 2.45) is 4.99 Å². The lowest BCUT2D eigenvalue weighted by atomic mass is 9.82. The average Bonchev–Trinajstić information content (AvgIpc) is 3.37. The van der Waals surface area contributed by atoms with Crippen LogP contribution in [0.5, 0.6) is 0 Å². The van der Waals surface area contributed by atoms with Gasteiger partial charge in [-0.1, -0.05) is 29.3 Å². The van der Waals surface area contributed by atoms with Crippen molar-refractivity contribution in [2.75, 3.05) is 26.2 Å². The lowest BCUT2D eigenvalue weighted by molar-refractivity contribution is -0.135. The molecule has 2 heterocycles. The zero-order chi connectivity index (χ0) is 31.7. The van der Waals surface area contributed by atoms with Gasteiger partial charge in [-0.2, -0.15) is 5.26 Å². The minimum absolute atomic E-state index is 0.127. The first-order valence-corrected chi connectivity index (χ1v) is 15.5.